The van der Waals surface area contributed by atoms with Gasteiger partial charge in [0.25, 0.3) is 0 Å². The van der Waals surface area contributed by atoms with Crippen LogP contribution in [0.3, 0.4) is 0 Å². The molecule has 1 aliphatic carbocycles. The number of carbonyl (C=O) groups excluding carboxylic acids is 2. The average Bonchev–Trinajstić information content (AvgIpc) is 2.76. The van der Waals surface area contributed by atoms with Crippen molar-refractivity contribution in [3.63, 3.8) is 0 Å². The highest BCUT2D eigenvalue weighted by Crippen LogP contribution is 2.29. The van der Waals surface area contributed by atoms with Gasteiger partial charge in [-0.05, 0) is 25.7 Å². The van der Waals surface area contributed by atoms with Crippen molar-refractivity contribution >= 4 is 11.8 Å². The first-order valence-electron chi connectivity index (χ1n) is 9.01. The smallest absolute Gasteiger partial charge is 0.225 e. The van der Waals surface area contributed by atoms with Crippen LogP contribution in [-0.2, 0) is 14.3 Å². The minimum Gasteiger partial charge on any atom is -0.381 e. The average molecular weight is 323 g/mol. The van der Waals surface area contributed by atoms with Gasteiger partial charge in [-0.1, -0.05) is 6.42 Å². The predicted molar refractivity (Wildman–Crippen MR) is 86.9 cm³/mol. The fraction of sp³-hybridized carbons (Fsp3) is 0.882. The van der Waals surface area contributed by atoms with E-state index in [9.17, 15) is 9.59 Å². The first-order chi connectivity index (χ1) is 11.2. The van der Waals surface area contributed by atoms with E-state index in [-0.39, 0.29) is 23.7 Å². The molecule has 3 fully saturated rings. The molecule has 2 aliphatic heterocycles. The summed E-state index contributed by atoms with van der Waals surface area (Å²) in [7, 11) is 1.68. The summed E-state index contributed by atoms with van der Waals surface area (Å²) in [6.45, 7) is 4.54. The van der Waals surface area contributed by atoms with E-state index < -0.39 is 0 Å². The van der Waals surface area contributed by atoms with Crippen LogP contribution < -0.4 is 5.32 Å². The van der Waals surface area contributed by atoms with Crippen molar-refractivity contribution in [3.05, 3.63) is 0 Å². The van der Waals surface area contributed by atoms with Gasteiger partial charge in [0.2, 0.25) is 11.8 Å². The molecule has 0 bridgehead atoms. The van der Waals surface area contributed by atoms with Gasteiger partial charge in [-0.15, -0.1) is 0 Å². The van der Waals surface area contributed by atoms with Crippen LogP contribution >= 0.6 is 0 Å². The Balaban J connectivity index is 1.68. The highest BCUT2D eigenvalue weighted by molar-refractivity contribution is 5.82. The minimum atomic E-state index is -0.130. The van der Waals surface area contributed by atoms with Crippen LogP contribution in [0.2, 0.25) is 0 Å². The lowest BCUT2D eigenvalue weighted by Crippen LogP contribution is -2.45. The number of rotatable bonds is 3. The molecule has 0 aromatic rings. The van der Waals surface area contributed by atoms with Gasteiger partial charge in [-0.3, -0.25) is 14.5 Å². The van der Waals surface area contributed by atoms with Crippen LogP contribution in [0.4, 0.5) is 0 Å². The predicted octanol–water partition coefficient (Wildman–Crippen LogP) is 0.472. The normalized spacial score (nSPS) is 28.0. The monoisotopic (exact) mass is 323 g/mol. The molecule has 2 heterocycles. The van der Waals surface area contributed by atoms with E-state index in [0.717, 1.165) is 65.0 Å². The number of hydrogen-bond donors (Lipinski definition) is 1. The maximum Gasteiger partial charge on any atom is 0.225 e. The molecule has 0 aromatic heterocycles. The van der Waals surface area contributed by atoms with Crippen LogP contribution in [0.1, 0.15) is 32.1 Å². The van der Waals surface area contributed by atoms with Gasteiger partial charge in [0.1, 0.15) is 0 Å². The third-order valence-corrected chi connectivity index (χ3v) is 5.64. The molecule has 1 N–H and O–H groups in total. The van der Waals surface area contributed by atoms with Crippen LogP contribution in [0, 0.1) is 11.8 Å². The van der Waals surface area contributed by atoms with Crippen molar-refractivity contribution in [2.45, 2.75) is 38.1 Å². The van der Waals surface area contributed by atoms with Gasteiger partial charge < -0.3 is 15.0 Å². The number of nitrogens with zero attached hydrogens (tertiary/aromatic N) is 2. The summed E-state index contributed by atoms with van der Waals surface area (Å²) in [6.07, 6.45) is 5.25. The molecule has 6 nitrogen and oxygen atoms in total. The summed E-state index contributed by atoms with van der Waals surface area (Å²) in [4.78, 5) is 29.3. The molecule has 2 saturated heterocycles. The molecular formula is C17H29N3O3. The Morgan fingerprint density at radius 1 is 1.00 bits per heavy atom. The topological polar surface area (TPSA) is 61.9 Å². The summed E-state index contributed by atoms with van der Waals surface area (Å²) in [5, 5.41) is 2.77. The Labute approximate surface area is 138 Å². The zero-order valence-corrected chi connectivity index (χ0v) is 14.1. The minimum absolute atomic E-state index is 0.0513. The summed E-state index contributed by atoms with van der Waals surface area (Å²) in [5.74, 6) is 0.388. The number of nitrogens with one attached hydrogen (secondary N) is 1. The molecule has 1 saturated carbocycles. The molecule has 6 heteroatoms. The second-order valence-corrected chi connectivity index (χ2v) is 7.06. The Morgan fingerprint density at radius 3 is 2.35 bits per heavy atom. The fourth-order valence-electron chi connectivity index (χ4n) is 3.90. The third kappa shape index (κ3) is 3.86. The molecular weight excluding hydrogens is 294 g/mol. The number of hydrogen-bond acceptors (Lipinski definition) is 4. The third-order valence-electron chi connectivity index (χ3n) is 5.64. The lowest BCUT2D eigenvalue weighted by atomic mass is 9.84. The highest BCUT2D eigenvalue weighted by Gasteiger charge is 2.36. The number of amides is 2. The summed E-state index contributed by atoms with van der Waals surface area (Å²) in [6, 6.07) is 0.481. The van der Waals surface area contributed by atoms with E-state index in [4.69, 9.17) is 4.74 Å². The summed E-state index contributed by atoms with van der Waals surface area (Å²) >= 11 is 0. The van der Waals surface area contributed by atoms with Gasteiger partial charge in [-0.2, -0.15) is 0 Å². The fourth-order valence-corrected chi connectivity index (χ4v) is 3.90. The van der Waals surface area contributed by atoms with Gasteiger partial charge in [0, 0.05) is 58.4 Å². The molecule has 23 heavy (non-hydrogen) atoms. The van der Waals surface area contributed by atoms with Crippen LogP contribution in [0.15, 0.2) is 0 Å². The Morgan fingerprint density at radius 2 is 1.74 bits per heavy atom. The van der Waals surface area contributed by atoms with Gasteiger partial charge in [0.15, 0.2) is 0 Å². The van der Waals surface area contributed by atoms with Gasteiger partial charge in [-0.25, -0.2) is 0 Å². The lowest BCUT2D eigenvalue weighted by Gasteiger charge is -2.34. The van der Waals surface area contributed by atoms with Crippen LogP contribution in [-0.4, -0.2) is 74.1 Å². The second kappa shape index (κ2) is 7.62. The molecule has 0 radical (unpaired) electrons. The standard InChI is InChI=1S/C17H29N3O3/c1-18-16(21)14-11-19(15-5-9-23-10-6-15)7-8-20(12-14)17(22)13-3-2-4-13/h13-15H,2-12H2,1H3,(H,18,21)/t14-/m1/s1. The van der Waals surface area contributed by atoms with E-state index in [1.165, 1.54) is 0 Å². The molecule has 1 atom stereocenters. The first-order valence-corrected chi connectivity index (χ1v) is 9.01. The molecule has 0 aromatic carbocycles. The number of ether oxygens (including phenoxy) is 1. The van der Waals surface area contributed by atoms with Crippen molar-refractivity contribution in [2.24, 2.45) is 11.8 Å². The Bertz CT molecular complexity index is 433. The molecule has 3 aliphatic rings. The van der Waals surface area contributed by atoms with Crippen LogP contribution in [0.5, 0.6) is 0 Å². The van der Waals surface area contributed by atoms with E-state index >= 15 is 0 Å². The summed E-state index contributed by atoms with van der Waals surface area (Å²) in [5.41, 5.74) is 0. The van der Waals surface area contributed by atoms with Crippen molar-refractivity contribution in [1.29, 1.82) is 0 Å². The number of carbonyl (C=O) groups is 2. The van der Waals surface area contributed by atoms with Gasteiger partial charge in [0.05, 0.1) is 5.92 Å². The molecule has 130 valence electrons. The van der Waals surface area contributed by atoms with Crippen molar-refractivity contribution < 1.29 is 14.3 Å². The van der Waals surface area contributed by atoms with Crippen molar-refractivity contribution in [1.82, 2.24) is 15.1 Å². The largest absolute Gasteiger partial charge is 0.381 e. The van der Waals surface area contributed by atoms with Crippen LogP contribution in [0.25, 0.3) is 0 Å². The zero-order chi connectivity index (χ0) is 16.2. The maximum atomic E-state index is 12.6. The van der Waals surface area contributed by atoms with E-state index in [0.29, 0.717) is 12.6 Å². The second-order valence-electron chi connectivity index (χ2n) is 7.06. The first kappa shape index (κ1) is 16.7. The van der Waals surface area contributed by atoms with E-state index in [1.807, 2.05) is 4.90 Å². The van der Waals surface area contributed by atoms with E-state index in [2.05, 4.69) is 10.2 Å². The highest BCUT2D eigenvalue weighted by atomic mass is 16.5. The Kier molecular flexibility index (Phi) is 5.54. The summed E-state index contributed by atoms with van der Waals surface area (Å²) < 4.78 is 5.46. The van der Waals surface area contributed by atoms with Gasteiger partial charge >= 0.3 is 0 Å². The molecule has 0 unspecified atom stereocenters. The Hall–Kier alpha value is -1.14. The SMILES string of the molecule is CNC(=O)[C@H]1CN(C(=O)C2CCC2)CCN(C2CCOCC2)C1. The maximum absolute atomic E-state index is 12.6. The molecule has 3 rings (SSSR count). The molecule has 2 amide bonds. The zero-order valence-electron chi connectivity index (χ0n) is 14.1. The lowest BCUT2D eigenvalue weighted by molar-refractivity contribution is -0.139. The van der Waals surface area contributed by atoms with E-state index in [1.54, 1.807) is 7.05 Å². The quantitative estimate of drug-likeness (QED) is 0.820. The van der Waals surface area contributed by atoms with Crippen molar-refractivity contribution in [3.8, 4) is 0 Å². The van der Waals surface area contributed by atoms with Crippen molar-refractivity contribution in [2.75, 3.05) is 46.4 Å². The molecule has 0 spiro atoms.